The number of para-hydroxylation sites is 2. The molecular weight excluding hydrogens is 360 g/mol. The van der Waals surface area contributed by atoms with Crippen LogP contribution in [-0.4, -0.2) is 40.7 Å². The SMILES string of the molecule is CC(=O)c1ccc(OCC(=O)NCCc2nc3ccccc3[nH]2)c(C(N)=O)c1. The van der Waals surface area contributed by atoms with Gasteiger partial charge >= 0.3 is 0 Å². The lowest BCUT2D eigenvalue weighted by Crippen LogP contribution is -2.31. The number of carbonyl (C=O) groups is 3. The summed E-state index contributed by atoms with van der Waals surface area (Å²) in [4.78, 5) is 42.6. The van der Waals surface area contributed by atoms with Crippen LogP contribution in [0.2, 0.25) is 0 Å². The van der Waals surface area contributed by atoms with Gasteiger partial charge in [0.15, 0.2) is 12.4 Å². The topological polar surface area (TPSA) is 127 Å². The van der Waals surface area contributed by atoms with Crippen LogP contribution in [0.5, 0.6) is 5.75 Å². The number of nitrogens with zero attached hydrogens (tertiary/aromatic N) is 1. The Morgan fingerprint density at radius 3 is 2.68 bits per heavy atom. The van der Waals surface area contributed by atoms with Crippen LogP contribution in [-0.2, 0) is 11.2 Å². The van der Waals surface area contributed by atoms with Crippen molar-refractivity contribution in [1.29, 1.82) is 0 Å². The van der Waals surface area contributed by atoms with Crippen molar-refractivity contribution < 1.29 is 19.1 Å². The quantitative estimate of drug-likeness (QED) is 0.512. The first-order valence-electron chi connectivity index (χ1n) is 8.72. The third kappa shape index (κ3) is 4.53. The van der Waals surface area contributed by atoms with Crippen LogP contribution < -0.4 is 15.8 Å². The number of carbonyl (C=O) groups excluding carboxylic acids is 3. The van der Waals surface area contributed by atoms with E-state index in [1.807, 2.05) is 24.3 Å². The average molecular weight is 380 g/mol. The van der Waals surface area contributed by atoms with Crippen LogP contribution in [0.25, 0.3) is 11.0 Å². The van der Waals surface area contributed by atoms with E-state index in [-0.39, 0.29) is 29.6 Å². The minimum Gasteiger partial charge on any atom is -0.483 e. The van der Waals surface area contributed by atoms with Gasteiger partial charge in [0.1, 0.15) is 11.6 Å². The fourth-order valence-electron chi connectivity index (χ4n) is 2.71. The summed E-state index contributed by atoms with van der Waals surface area (Å²) in [6, 6.07) is 12.0. The third-order valence-electron chi connectivity index (χ3n) is 4.13. The number of primary amides is 1. The highest BCUT2D eigenvalue weighted by molar-refractivity contribution is 6.00. The van der Waals surface area contributed by atoms with E-state index in [0.29, 0.717) is 18.5 Å². The number of nitrogens with two attached hydrogens (primary N) is 1. The predicted octanol–water partition coefficient (Wildman–Crippen LogP) is 1.60. The molecule has 0 saturated carbocycles. The molecule has 144 valence electrons. The molecule has 28 heavy (non-hydrogen) atoms. The van der Waals surface area contributed by atoms with Crippen LogP contribution in [0.15, 0.2) is 42.5 Å². The van der Waals surface area contributed by atoms with Crippen molar-refractivity contribution in [1.82, 2.24) is 15.3 Å². The number of H-pyrrole nitrogens is 1. The Balaban J connectivity index is 1.52. The lowest BCUT2D eigenvalue weighted by Gasteiger charge is -2.10. The van der Waals surface area contributed by atoms with Gasteiger partial charge in [0.25, 0.3) is 11.8 Å². The molecule has 2 aromatic carbocycles. The molecule has 0 radical (unpaired) electrons. The van der Waals surface area contributed by atoms with Crippen LogP contribution >= 0.6 is 0 Å². The fraction of sp³-hybridized carbons (Fsp3) is 0.200. The summed E-state index contributed by atoms with van der Waals surface area (Å²) >= 11 is 0. The lowest BCUT2D eigenvalue weighted by atomic mass is 10.1. The number of nitrogens with one attached hydrogen (secondary N) is 2. The zero-order valence-corrected chi connectivity index (χ0v) is 15.3. The molecule has 0 aliphatic heterocycles. The summed E-state index contributed by atoms with van der Waals surface area (Å²) in [5.74, 6) is -0.342. The Labute approximate surface area is 161 Å². The minimum absolute atomic E-state index is 0.0581. The summed E-state index contributed by atoms with van der Waals surface area (Å²) in [6.07, 6.45) is 0.542. The Bertz CT molecular complexity index is 1010. The molecule has 4 N–H and O–H groups in total. The highest BCUT2D eigenvalue weighted by atomic mass is 16.5. The average Bonchev–Trinajstić information content (AvgIpc) is 3.08. The van der Waals surface area contributed by atoms with Gasteiger partial charge in [-0.3, -0.25) is 14.4 Å². The van der Waals surface area contributed by atoms with Gasteiger partial charge in [-0.15, -0.1) is 0 Å². The van der Waals surface area contributed by atoms with E-state index in [1.54, 1.807) is 0 Å². The fourth-order valence-corrected chi connectivity index (χ4v) is 2.71. The number of imidazole rings is 1. The van der Waals surface area contributed by atoms with Gasteiger partial charge < -0.3 is 20.8 Å². The maximum atomic E-state index is 12.0. The van der Waals surface area contributed by atoms with Gasteiger partial charge in [0.2, 0.25) is 0 Å². The minimum atomic E-state index is -0.733. The van der Waals surface area contributed by atoms with Crippen molar-refractivity contribution in [3.8, 4) is 5.75 Å². The molecule has 0 aliphatic carbocycles. The van der Waals surface area contributed by atoms with Crippen molar-refractivity contribution >= 4 is 28.6 Å². The van der Waals surface area contributed by atoms with Crippen LogP contribution in [0.3, 0.4) is 0 Å². The first-order valence-corrected chi connectivity index (χ1v) is 8.72. The molecule has 1 aromatic heterocycles. The normalized spacial score (nSPS) is 10.6. The number of fused-ring (bicyclic) bond motifs is 1. The summed E-state index contributed by atoms with van der Waals surface area (Å²) in [5.41, 5.74) is 7.55. The molecule has 8 heteroatoms. The monoisotopic (exact) mass is 380 g/mol. The Morgan fingerprint density at radius 2 is 1.96 bits per heavy atom. The number of ketones is 1. The number of hydrogen-bond donors (Lipinski definition) is 3. The zero-order valence-electron chi connectivity index (χ0n) is 15.3. The summed E-state index contributed by atoms with van der Waals surface area (Å²) < 4.78 is 5.40. The number of amides is 2. The first kappa shape index (κ1) is 19.1. The molecule has 2 amide bonds. The number of ether oxygens (including phenoxy) is 1. The second kappa shape index (κ2) is 8.34. The van der Waals surface area contributed by atoms with E-state index in [9.17, 15) is 14.4 Å². The van der Waals surface area contributed by atoms with E-state index < -0.39 is 5.91 Å². The van der Waals surface area contributed by atoms with E-state index in [0.717, 1.165) is 16.9 Å². The molecule has 0 atom stereocenters. The number of hydrogen-bond acceptors (Lipinski definition) is 5. The molecule has 0 spiro atoms. The van der Waals surface area contributed by atoms with E-state index in [2.05, 4.69) is 15.3 Å². The first-order chi connectivity index (χ1) is 13.4. The van der Waals surface area contributed by atoms with E-state index in [1.165, 1.54) is 25.1 Å². The molecule has 0 bridgehead atoms. The van der Waals surface area contributed by atoms with Crippen molar-refractivity contribution in [3.05, 3.63) is 59.4 Å². The van der Waals surface area contributed by atoms with Gasteiger partial charge in [-0.05, 0) is 37.3 Å². The molecule has 8 nitrogen and oxygen atoms in total. The zero-order chi connectivity index (χ0) is 20.1. The Hall–Kier alpha value is -3.68. The molecule has 0 unspecified atom stereocenters. The molecule has 0 aliphatic rings. The van der Waals surface area contributed by atoms with Crippen LogP contribution in [0, 0.1) is 0 Å². The lowest BCUT2D eigenvalue weighted by molar-refractivity contribution is -0.123. The molecule has 3 rings (SSSR count). The van der Waals surface area contributed by atoms with Crippen LogP contribution in [0.1, 0.15) is 33.5 Å². The van der Waals surface area contributed by atoms with Gasteiger partial charge in [-0.1, -0.05) is 12.1 Å². The molecular formula is C20H20N4O4. The van der Waals surface area contributed by atoms with E-state index >= 15 is 0 Å². The molecule has 3 aromatic rings. The number of Topliss-reactive ketones (excluding diaryl/α,β-unsaturated/α-hetero) is 1. The van der Waals surface area contributed by atoms with Gasteiger partial charge in [-0.2, -0.15) is 0 Å². The number of aromatic amines is 1. The molecule has 1 heterocycles. The van der Waals surface area contributed by atoms with Crippen LogP contribution in [0.4, 0.5) is 0 Å². The Kier molecular flexibility index (Phi) is 5.69. The van der Waals surface area contributed by atoms with Crippen molar-refractivity contribution in [3.63, 3.8) is 0 Å². The highest BCUT2D eigenvalue weighted by Gasteiger charge is 2.14. The number of aromatic nitrogens is 2. The van der Waals surface area contributed by atoms with Gasteiger partial charge in [0.05, 0.1) is 16.6 Å². The predicted molar refractivity (Wildman–Crippen MR) is 103 cm³/mol. The molecule has 0 fully saturated rings. The highest BCUT2D eigenvalue weighted by Crippen LogP contribution is 2.20. The maximum absolute atomic E-state index is 12.0. The van der Waals surface area contributed by atoms with Crippen molar-refractivity contribution in [2.75, 3.05) is 13.2 Å². The molecule has 0 saturated heterocycles. The second-order valence-electron chi connectivity index (χ2n) is 6.22. The van der Waals surface area contributed by atoms with E-state index in [4.69, 9.17) is 10.5 Å². The standard InChI is InChI=1S/C20H20N4O4/c1-12(25)13-6-7-17(14(10-13)20(21)27)28-11-19(26)22-9-8-18-23-15-4-2-3-5-16(15)24-18/h2-7,10H,8-9,11H2,1H3,(H2,21,27)(H,22,26)(H,23,24). The smallest absolute Gasteiger partial charge is 0.257 e. The maximum Gasteiger partial charge on any atom is 0.257 e. The van der Waals surface area contributed by atoms with Crippen molar-refractivity contribution in [2.24, 2.45) is 5.73 Å². The Morgan fingerprint density at radius 1 is 1.18 bits per heavy atom. The summed E-state index contributed by atoms with van der Waals surface area (Å²) in [5, 5.41) is 2.73. The number of rotatable bonds is 8. The van der Waals surface area contributed by atoms with Gasteiger partial charge in [0, 0.05) is 18.5 Å². The summed E-state index contributed by atoms with van der Waals surface area (Å²) in [7, 11) is 0. The summed E-state index contributed by atoms with van der Waals surface area (Å²) in [6.45, 7) is 1.49. The van der Waals surface area contributed by atoms with Gasteiger partial charge in [-0.25, -0.2) is 4.98 Å². The number of benzene rings is 2. The largest absolute Gasteiger partial charge is 0.483 e. The second-order valence-corrected chi connectivity index (χ2v) is 6.22. The third-order valence-corrected chi connectivity index (χ3v) is 4.13. The van der Waals surface area contributed by atoms with Crippen molar-refractivity contribution in [2.45, 2.75) is 13.3 Å².